The normalized spacial score (nSPS) is 12.5. The third-order valence-corrected chi connectivity index (χ3v) is 4.85. The number of carboxylic acid groups (broad SMARTS) is 1. The Hall–Kier alpha value is -0.690. The summed E-state index contributed by atoms with van der Waals surface area (Å²) in [6.45, 7) is 8.65. The van der Waals surface area contributed by atoms with Crippen LogP contribution in [0, 0.1) is 11.3 Å². The molecule has 0 aliphatic rings. The van der Waals surface area contributed by atoms with E-state index in [9.17, 15) is 14.7 Å². The summed E-state index contributed by atoms with van der Waals surface area (Å²) in [4.78, 5) is 22.9. The Morgan fingerprint density at radius 3 is 2.36 bits per heavy atom. The van der Waals surface area contributed by atoms with Crippen molar-refractivity contribution in [2.24, 2.45) is 5.92 Å². The maximum atomic E-state index is 11.7. The lowest BCUT2D eigenvalue weighted by Crippen LogP contribution is -2.32. The minimum absolute atomic E-state index is 0.00487. The summed E-state index contributed by atoms with van der Waals surface area (Å²) >= 11 is 2.82. The van der Waals surface area contributed by atoms with Crippen LogP contribution in [0.15, 0.2) is 0 Å². The first kappa shape index (κ1) is 21.3. The van der Waals surface area contributed by atoms with Gasteiger partial charge in [-0.1, -0.05) is 27.7 Å². The van der Waals surface area contributed by atoms with Gasteiger partial charge in [-0.05, 0) is 24.5 Å². The van der Waals surface area contributed by atoms with E-state index in [-0.39, 0.29) is 12.3 Å². The smallest absolute Gasteiger partial charge is 0.317 e. The Kier molecular flexibility index (Phi) is 11.5. The SMILES string of the molecule is CC(C)CNC(=O)CC(SCCCC(=N)SC(C)C)C(=O)O. The molecule has 1 atom stereocenters. The number of amides is 1. The molecule has 0 spiro atoms. The van der Waals surface area contributed by atoms with Crippen LogP contribution in [0.1, 0.15) is 47.0 Å². The van der Waals surface area contributed by atoms with Crippen LogP contribution in [0.25, 0.3) is 0 Å². The van der Waals surface area contributed by atoms with E-state index < -0.39 is 11.2 Å². The lowest BCUT2D eigenvalue weighted by molar-refractivity contribution is -0.138. The zero-order chi connectivity index (χ0) is 17.1. The van der Waals surface area contributed by atoms with Gasteiger partial charge in [0.05, 0.1) is 5.04 Å². The molecule has 0 saturated heterocycles. The van der Waals surface area contributed by atoms with Gasteiger partial charge in [0, 0.05) is 18.2 Å². The fourth-order valence-electron chi connectivity index (χ4n) is 1.58. The van der Waals surface area contributed by atoms with Crippen LogP contribution in [-0.2, 0) is 9.59 Å². The quantitative estimate of drug-likeness (QED) is 0.303. The van der Waals surface area contributed by atoms with Crippen molar-refractivity contribution in [1.29, 1.82) is 5.41 Å². The first-order valence-electron chi connectivity index (χ1n) is 7.57. The molecule has 1 unspecified atom stereocenters. The maximum Gasteiger partial charge on any atom is 0.317 e. The Balaban J connectivity index is 4.02. The second kappa shape index (κ2) is 11.8. The van der Waals surface area contributed by atoms with Crippen molar-refractivity contribution in [2.45, 2.75) is 57.5 Å². The van der Waals surface area contributed by atoms with Crippen LogP contribution in [-0.4, -0.2) is 44.8 Å². The predicted molar refractivity (Wildman–Crippen MR) is 96.0 cm³/mol. The molecule has 3 N–H and O–H groups in total. The molecule has 5 nitrogen and oxygen atoms in total. The second-order valence-corrected chi connectivity index (χ2v) is 8.77. The number of carbonyl (C=O) groups is 2. The standard InChI is InChI=1S/C15H28N2O3S2/c1-10(2)9-17-14(18)8-12(15(19)20)21-7-5-6-13(16)22-11(3)4/h10-12,16H,5-9H2,1-4H3,(H,17,18)(H,19,20). The van der Waals surface area contributed by atoms with Gasteiger partial charge in [-0.15, -0.1) is 23.5 Å². The summed E-state index contributed by atoms with van der Waals surface area (Å²) in [5, 5.41) is 20.0. The fourth-order valence-corrected chi connectivity index (χ4v) is 3.42. The number of nitrogens with one attached hydrogen (secondary N) is 2. The van der Waals surface area contributed by atoms with Crippen molar-refractivity contribution >= 4 is 40.4 Å². The highest BCUT2D eigenvalue weighted by Gasteiger charge is 2.21. The molecule has 0 saturated carbocycles. The van der Waals surface area contributed by atoms with Gasteiger partial charge in [-0.3, -0.25) is 15.0 Å². The van der Waals surface area contributed by atoms with Gasteiger partial charge in [0.25, 0.3) is 0 Å². The largest absolute Gasteiger partial charge is 0.480 e. The molecule has 7 heteroatoms. The maximum absolute atomic E-state index is 11.7. The molecular weight excluding hydrogens is 320 g/mol. The highest BCUT2D eigenvalue weighted by atomic mass is 32.2. The highest BCUT2D eigenvalue weighted by molar-refractivity contribution is 8.14. The Morgan fingerprint density at radius 1 is 1.23 bits per heavy atom. The van der Waals surface area contributed by atoms with Crippen molar-refractivity contribution in [3.63, 3.8) is 0 Å². The molecule has 0 aromatic heterocycles. The number of carboxylic acids is 1. The van der Waals surface area contributed by atoms with Crippen molar-refractivity contribution in [2.75, 3.05) is 12.3 Å². The van der Waals surface area contributed by atoms with Crippen molar-refractivity contribution in [3.8, 4) is 0 Å². The molecule has 22 heavy (non-hydrogen) atoms. The van der Waals surface area contributed by atoms with Crippen molar-refractivity contribution in [1.82, 2.24) is 5.32 Å². The lowest BCUT2D eigenvalue weighted by atomic mass is 10.2. The Labute approximate surface area is 141 Å². The van der Waals surface area contributed by atoms with E-state index in [0.29, 0.717) is 34.9 Å². The molecule has 0 rings (SSSR count). The fraction of sp³-hybridized carbons (Fsp3) is 0.800. The van der Waals surface area contributed by atoms with Gasteiger partial charge in [-0.2, -0.15) is 0 Å². The molecule has 1 amide bonds. The second-order valence-electron chi connectivity index (χ2n) is 5.79. The summed E-state index contributed by atoms with van der Waals surface area (Å²) in [5.41, 5.74) is 0. The van der Waals surface area contributed by atoms with E-state index in [1.54, 1.807) is 0 Å². The summed E-state index contributed by atoms with van der Waals surface area (Å²) in [6, 6.07) is 0. The average Bonchev–Trinajstić information content (AvgIpc) is 2.38. The zero-order valence-electron chi connectivity index (χ0n) is 13.8. The minimum atomic E-state index is -0.948. The van der Waals surface area contributed by atoms with E-state index >= 15 is 0 Å². The highest BCUT2D eigenvalue weighted by Crippen LogP contribution is 2.19. The van der Waals surface area contributed by atoms with Crippen molar-refractivity contribution < 1.29 is 14.7 Å². The van der Waals surface area contributed by atoms with Crippen molar-refractivity contribution in [3.05, 3.63) is 0 Å². The van der Waals surface area contributed by atoms with Gasteiger partial charge in [0.15, 0.2) is 0 Å². The van der Waals surface area contributed by atoms with E-state index in [2.05, 4.69) is 5.32 Å². The third kappa shape index (κ3) is 11.9. The molecule has 0 fully saturated rings. The van der Waals surface area contributed by atoms with Crippen LogP contribution < -0.4 is 5.32 Å². The lowest BCUT2D eigenvalue weighted by Gasteiger charge is -2.13. The van der Waals surface area contributed by atoms with Crippen LogP contribution in [0.4, 0.5) is 0 Å². The zero-order valence-corrected chi connectivity index (χ0v) is 15.5. The molecule has 0 radical (unpaired) electrons. The Morgan fingerprint density at radius 2 is 1.86 bits per heavy atom. The summed E-state index contributed by atoms with van der Waals surface area (Å²) in [5.74, 6) is -0.160. The summed E-state index contributed by atoms with van der Waals surface area (Å²) in [6.07, 6.45) is 1.44. The molecule has 0 heterocycles. The van der Waals surface area contributed by atoms with Gasteiger partial charge >= 0.3 is 5.97 Å². The average molecular weight is 349 g/mol. The number of aliphatic carboxylic acids is 1. The minimum Gasteiger partial charge on any atom is -0.480 e. The first-order valence-corrected chi connectivity index (χ1v) is 9.50. The monoisotopic (exact) mass is 348 g/mol. The molecule has 128 valence electrons. The van der Waals surface area contributed by atoms with Gasteiger partial charge in [-0.25, -0.2) is 0 Å². The van der Waals surface area contributed by atoms with Gasteiger partial charge in [0.2, 0.25) is 5.91 Å². The molecule has 0 aromatic carbocycles. The van der Waals surface area contributed by atoms with E-state index in [0.717, 1.165) is 6.42 Å². The van der Waals surface area contributed by atoms with Crippen LogP contribution in [0.2, 0.25) is 0 Å². The third-order valence-electron chi connectivity index (χ3n) is 2.60. The number of carbonyl (C=O) groups excluding carboxylic acids is 1. The molecule has 0 aliphatic carbocycles. The van der Waals surface area contributed by atoms with Crippen LogP contribution in [0.5, 0.6) is 0 Å². The number of rotatable bonds is 11. The van der Waals surface area contributed by atoms with Gasteiger partial charge in [0.1, 0.15) is 5.25 Å². The Bertz CT molecular complexity index is 374. The predicted octanol–water partition coefficient (Wildman–Crippen LogP) is 3.23. The topological polar surface area (TPSA) is 90.3 Å². The number of hydrogen-bond donors (Lipinski definition) is 3. The van der Waals surface area contributed by atoms with E-state index in [1.165, 1.54) is 23.5 Å². The van der Waals surface area contributed by atoms with E-state index in [4.69, 9.17) is 5.41 Å². The van der Waals surface area contributed by atoms with E-state index in [1.807, 2.05) is 27.7 Å². The molecule has 0 aliphatic heterocycles. The first-order chi connectivity index (χ1) is 10.2. The number of thioether (sulfide) groups is 2. The van der Waals surface area contributed by atoms with Crippen LogP contribution in [0.3, 0.4) is 0 Å². The van der Waals surface area contributed by atoms with Gasteiger partial charge < -0.3 is 10.4 Å². The molecule has 0 aromatic rings. The summed E-state index contributed by atoms with van der Waals surface area (Å²) < 4.78 is 0. The number of hydrogen-bond acceptors (Lipinski definition) is 5. The van der Waals surface area contributed by atoms with Crippen LogP contribution >= 0.6 is 23.5 Å². The molecular formula is C15H28N2O3S2. The molecule has 0 bridgehead atoms. The summed E-state index contributed by atoms with van der Waals surface area (Å²) in [7, 11) is 0.